The quantitative estimate of drug-likeness (QED) is 0.476. The minimum absolute atomic E-state index is 0.218. The van der Waals surface area contributed by atoms with Crippen LogP contribution in [0.3, 0.4) is 0 Å². The molecular formula is C21H16ClN3O2S. The van der Waals surface area contributed by atoms with E-state index in [1.54, 1.807) is 34.4 Å². The van der Waals surface area contributed by atoms with Gasteiger partial charge in [0.2, 0.25) is 0 Å². The topological polar surface area (TPSA) is 68.0 Å². The van der Waals surface area contributed by atoms with Crippen LogP contribution in [0.5, 0.6) is 0 Å². The molecule has 0 spiro atoms. The molecule has 1 aliphatic carbocycles. The number of rotatable bonds is 5. The Labute approximate surface area is 170 Å². The smallest absolute Gasteiger partial charge is 0.354 e. The standard InChI is InChI=1S/C21H16ClN3O2S/c22-16-8-15(9-23-10-16)20-24-17(12-4-5-12)18(21(26)27)25(20)11-14-3-1-2-13-6-7-28-19(13)14/h1-3,6-10,12H,4-5,11H2,(H,26,27). The van der Waals surface area contributed by atoms with Crippen LogP contribution in [0.15, 0.2) is 48.1 Å². The van der Waals surface area contributed by atoms with Crippen molar-refractivity contribution in [2.24, 2.45) is 0 Å². The van der Waals surface area contributed by atoms with E-state index >= 15 is 0 Å². The van der Waals surface area contributed by atoms with Gasteiger partial charge in [-0.1, -0.05) is 29.8 Å². The van der Waals surface area contributed by atoms with Crippen molar-refractivity contribution in [3.63, 3.8) is 0 Å². The first-order valence-electron chi connectivity index (χ1n) is 9.01. The molecule has 1 fully saturated rings. The number of nitrogens with zero attached hydrogens (tertiary/aromatic N) is 3. The molecule has 5 nitrogen and oxygen atoms in total. The predicted molar refractivity (Wildman–Crippen MR) is 110 cm³/mol. The number of halogens is 1. The molecule has 7 heteroatoms. The average molecular weight is 410 g/mol. The molecule has 0 unspecified atom stereocenters. The van der Waals surface area contributed by atoms with Gasteiger partial charge < -0.3 is 9.67 Å². The summed E-state index contributed by atoms with van der Waals surface area (Å²) in [7, 11) is 0. The Morgan fingerprint density at radius 1 is 1.29 bits per heavy atom. The number of imidazole rings is 1. The van der Waals surface area contributed by atoms with Gasteiger partial charge in [-0.3, -0.25) is 4.98 Å². The lowest BCUT2D eigenvalue weighted by Gasteiger charge is -2.12. The molecule has 0 amide bonds. The van der Waals surface area contributed by atoms with Crippen LogP contribution in [0.25, 0.3) is 21.5 Å². The zero-order chi connectivity index (χ0) is 19.3. The molecule has 0 aliphatic heterocycles. The highest BCUT2D eigenvalue weighted by Gasteiger charge is 2.34. The first-order chi connectivity index (χ1) is 13.6. The maximum Gasteiger partial charge on any atom is 0.354 e. The van der Waals surface area contributed by atoms with Gasteiger partial charge in [0.05, 0.1) is 17.3 Å². The number of hydrogen-bond donors (Lipinski definition) is 1. The fourth-order valence-corrected chi connectivity index (χ4v) is 4.68. The number of fused-ring (bicyclic) bond motifs is 1. The molecule has 1 aliphatic rings. The van der Waals surface area contributed by atoms with Crippen molar-refractivity contribution >= 4 is 39.0 Å². The molecule has 4 aromatic rings. The average Bonchev–Trinajstić information content (AvgIpc) is 3.27. The van der Waals surface area contributed by atoms with Crippen LogP contribution in [-0.4, -0.2) is 25.6 Å². The molecule has 3 aromatic heterocycles. The van der Waals surface area contributed by atoms with Crippen LogP contribution in [-0.2, 0) is 6.54 Å². The Bertz CT molecular complexity index is 1210. The van der Waals surface area contributed by atoms with Gasteiger partial charge >= 0.3 is 5.97 Å². The number of thiophene rings is 1. The third kappa shape index (κ3) is 2.99. The minimum atomic E-state index is -0.950. The summed E-state index contributed by atoms with van der Waals surface area (Å²) in [6.45, 7) is 0.432. The number of carbonyl (C=O) groups is 1. The van der Waals surface area contributed by atoms with Crippen molar-refractivity contribution in [1.29, 1.82) is 0 Å². The summed E-state index contributed by atoms with van der Waals surface area (Å²) < 4.78 is 2.97. The van der Waals surface area contributed by atoms with Crippen LogP contribution in [0.4, 0.5) is 0 Å². The van der Waals surface area contributed by atoms with Crippen LogP contribution in [0.2, 0.25) is 5.02 Å². The second kappa shape index (κ2) is 6.72. The Hall–Kier alpha value is -2.70. The SMILES string of the molecule is O=C(O)c1c(C2CC2)nc(-c2cncc(Cl)c2)n1Cc1cccc2ccsc12. The fraction of sp³-hybridized carbons (Fsp3) is 0.190. The number of hydrogen-bond acceptors (Lipinski definition) is 4. The van der Waals surface area contributed by atoms with Gasteiger partial charge in [-0.25, -0.2) is 9.78 Å². The van der Waals surface area contributed by atoms with Gasteiger partial charge in [-0.2, -0.15) is 0 Å². The summed E-state index contributed by atoms with van der Waals surface area (Å²) in [5, 5.41) is 13.7. The summed E-state index contributed by atoms with van der Waals surface area (Å²) in [5.41, 5.74) is 2.73. The number of aromatic carboxylic acids is 1. The van der Waals surface area contributed by atoms with Gasteiger partial charge in [0.25, 0.3) is 0 Å². The third-order valence-corrected chi connectivity index (χ3v) is 6.23. The van der Waals surface area contributed by atoms with Gasteiger partial charge in [-0.15, -0.1) is 11.3 Å². The minimum Gasteiger partial charge on any atom is -0.477 e. The molecule has 140 valence electrons. The Balaban J connectivity index is 1.72. The van der Waals surface area contributed by atoms with E-state index in [4.69, 9.17) is 16.6 Å². The molecule has 1 N–H and O–H groups in total. The van der Waals surface area contributed by atoms with Crippen LogP contribution < -0.4 is 0 Å². The summed E-state index contributed by atoms with van der Waals surface area (Å²) in [6, 6.07) is 9.97. The molecule has 28 heavy (non-hydrogen) atoms. The number of carboxylic acids is 1. The van der Waals surface area contributed by atoms with E-state index in [2.05, 4.69) is 22.5 Å². The zero-order valence-electron chi connectivity index (χ0n) is 14.8. The second-order valence-corrected chi connectivity index (χ2v) is 8.34. The van der Waals surface area contributed by atoms with Gasteiger partial charge in [0, 0.05) is 28.6 Å². The number of pyridine rings is 1. The maximum absolute atomic E-state index is 12.2. The normalized spacial score (nSPS) is 13.9. The van der Waals surface area contributed by atoms with Gasteiger partial charge in [-0.05, 0) is 41.3 Å². The van der Waals surface area contributed by atoms with E-state index in [1.807, 2.05) is 12.1 Å². The van der Waals surface area contributed by atoms with Crippen LogP contribution in [0, 0.1) is 0 Å². The Kier molecular flexibility index (Phi) is 4.18. The van der Waals surface area contributed by atoms with Crippen molar-refractivity contribution < 1.29 is 9.90 Å². The lowest BCUT2D eigenvalue weighted by molar-refractivity contribution is 0.0684. The second-order valence-electron chi connectivity index (χ2n) is 6.98. The highest BCUT2D eigenvalue weighted by Crippen LogP contribution is 2.43. The Morgan fingerprint density at radius 3 is 2.89 bits per heavy atom. The zero-order valence-corrected chi connectivity index (χ0v) is 16.4. The van der Waals surface area contributed by atoms with Gasteiger partial charge in [0.15, 0.2) is 5.69 Å². The summed E-state index contributed by atoms with van der Waals surface area (Å²) in [5.74, 6) is -0.132. The summed E-state index contributed by atoms with van der Waals surface area (Å²) >= 11 is 7.80. The molecule has 0 atom stereocenters. The lowest BCUT2D eigenvalue weighted by Crippen LogP contribution is -2.12. The van der Waals surface area contributed by atoms with E-state index in [-0.39, 0.29) is 11.6 Å². The molecule has 5 rings (SSSR count). The molecule has 0 saturated heterocycles. The molecule has 0 radical (unpaired) electrons. The third-order valence-electron chi connectivity index (χ3n) is 5.01. The first kappa shape index (κ1) is 17.4. The largest absolute Gasteiger partial charge is 0.477 e. The molecule has 1 saturated carbocycles. The Morgan fingerprint density at radius 2 is 2.14 bits per heavy atom. The van der Waals surface area contributed by atoms with Crippen molar-refractivity contribution in [2.45, 2.75) is 25.3 Å². The highest BCUT2D eigenvalue weighted by molar-refractivity contribution is 7.17. The van der Waals surface area contributed by atoms with Crippen molar-refractivity contribution in [1.82, 2.24) is 14.5 Å². The molecule has 1 aromatic carbocycles. The highest BCUT2D eigenvalue weighted by atomic mass is 35.5. The fourth-order valence-electron chi connectivity index (χ4n) is 3.60. The van der Waals surface area contributed by atoms with E-state index in [1.165, 1.54) is 0 Å². The van der Waals surface area contributed by atoms with Crippen molar-refractivity contribution in [3.05, 3.63) is 70.1 Å². The van der Waals surface area contributed by atoms with Gasteiger partial charge in [0.1, 0.15) is 5.82 Å². The van der Waals surface area contributed by atoms with Crippen molar-refractivity contribution in [2.75, 3.05) is 0 Å². The van der Waals surface area contributed by atoms with E-state index in [9.17, 15) is 9.90 Å². The van der Waals surface area contributed by atoms with Crippen molar-refractivity contribution in [3.8, 4) is 11.4 Å². The lowest BCUT2D eigenvalue weighted by atomic mass is 10.1. The molecular weight excluding hydrogens is 394 g/mol. The molecule has 0 bridgehead atoms. The van der Waals surface area contributed by atoms with E-state index in [0.29, 0.717) is 23.1 Å². The van der Waals surface area contributed by atoms with E-state index in [0.717, 1.165) is 34.1 Å². The monoisotopic (exact) mass is 409 g/mol. The number of benzene rings is 1. The molecule has 3 heterocycles. The maximum atomic E-state index is 12.2. The van der Waals surface area contributed by atoms with E-state index < -0.39 is 5.97 Å². The number of carboxylic acid groups (broad SMARTS) is 1. The van der Waals surface area contributed by atoms with Crippen LogP contribution in [0.1, 0.15) is 40.5 Å². The summed E-state index contributed by atoms with van der Waals surface area (Å²) in [4.78, 5) is 21.1. The van der Waals surface area contributed by atoms with Crippen LogP contribution >= 0.6 is 22.9 Å². The predicted octanol–water partition coefficient (Wildman–Crippen LogP) is 5.44. The number of aromatic nitrogens is 3. The first-order valence-corrected chi connectivity index (χ1v) is 10.3. The summed E-state index contributed by atoms with van der Waals surface area (Å²) in [6.07, 6.45) is 5.19.